The van der Waals surface area contributed by atoms with Crippen LogP contribution in [0, 0.1) is 39.4 Å². The number of aliphatic carboxylic acids is 2. The zero-order chi connectivity index (χ0) is 22.4. The number of carboxylic acid groups (broad SMARTS) is 2. The molecule has 0 radical (unpaired) electrons. The molecule has 5 heteroatoms. The Kier molecular flexibility index (Phi) is 6.56. The summed E-state index contributed by atoms with van der Waals surface area (Å²) in [4.78, 5) is 19.8. The molecule has 4 fully saturated rings. The number of carbonyl (C=O) groups is 2. The summed E-state index contributed by atoms with van der Waals surface area (Å²) in [6.07, 6.45) is 7.61. The molecule has 0 spiro atoms. The van der Waals surface area contributed by atoms with Crippen molar-refractivity contribution in [2.45, 2.75) is 99.5 Å². The van der Waals surface area contributed by atoms with Crippen LogP contribution in [0.2, 0.25) is 0 Å². The summed E-state index contributed by atoms with van der Waals surface area (Å²) in [6.45, 7) is 14.9. The van der Waals surface area contributed by atoms with E-state index in [0.29, 0.717) is 23.2 Å². The largest absolute Gasteiger partial charge is 0.481 e. The Labute approximate surface area is 176 Å². The minimum absolute atomic E-state index is 0.0313. The molecule has 5 nitrogen and oxygen atoms in total. The summed E-state index contributed by atoms with van der Waals surface area (Å²) < 4.78 is 0. The maximum Gasteiger partial charge on any atom is 0.303 e. The van der Waals surface area contributed by atoms with Crippen LogP contribution in [0.5, 0.6) is 0 Å². The average Bonchev–Trinajstić information content (AvgIpc) is 3.06. The zero-order valence-electron chi connectivity index (χ0n) is 19.4. The third-order valence-corrected chi connectivity index (χ3v) is 10.1. The maximum absolute atomic E-state index is 10.8. The van der Waals surface area contributed by atoms with E-state index in [1.54, 1.807) is 0 Å². The number of rotatable bonds is 2. The van der Waals surface area contributed by atoms with Gasteiger partial charge < -0.3 is 15.3 Å². The Morgan fingerprint density at radius 1 is 0.828 bits per heavy atom. The molecule has 4 saturated carbocycles. The smallest absolute Gasteiger partial charge is 0.303 e. The first kappa shape index (κ1) is 24.2. The first-order valence-electron chi connectivity index (χ1n) is 11.2. The summed E-state index contributed by atoms with van der Waals surface area (Å²) in [5.74, 6) is 0.493. The van der Waals surface area contributed by atoms with Crippen LogP contribution in [0.3, 0.4) is 0 Å². The second kappa shape index (κ2) is 7.86. The quantitative estimate of drug-likeness (QED) is 0.581. The second-order valence-corrected chi connectivity index (χ2v) is 11.6. The number of hydrogen-bond acceptors (Lipinski definition) is 3. The van der Waals surface area contributed by atoms with E-state index in [0.717, 1.165) is 31.6 Å². The minimum atomic E-state index is -0.833. The van der Waals surface area contributed by atoms with Gasteiger partial charge in [-0.05, 0) is 77.9 Å². The molecule has 4 aliphatic carbocycles. The third-order valence-electron chi connectivity index (χ3n) is 10.1. The van der Waals surface area contributed by atoms with Crippen LogP contribution in [0.4, 0.5) is 0 Å². The van der Waals surface area contributed by atoms with E-state index in [4.69, 9.17) is 15.0 Å². The summed E-state index contributed by atoms with van der Waals surface area (Å²) >= 11 is 0. The van der Waals surface area contributed by atoms with Gasteiger partial charge in [-0.15, -0.1) is 0 Å². The van der Waals surface area contributed by atoms with Crippen LogP contribution in [-0.2, 0) is 9.59 Å². The summed E-state index contributed by atoms with van der Waals surface area (Å²) in [7, 11) is 0. The van der Waals surface area contributed by atoms with Gasteiger partial charge in [0.05, 0.1) is 6.10 Å². The van der Waals surface area contributed by atoms with Crippen LogP contribution >= 0.6 is 0 Å². The average molecular weight is 411 g/mol. The van der Waals surface area contributed by atoms with Crippen molar-refractivity contribution in [1.82, 2.24) is 0 Å². The monoisotopic (exact) mass is 410 g/mol. The Balaban J connectivity index is 0.000000179. The Morgan fingerprint density at radius 3 is 1.45 bits per heavy atom. The van der Waals surface area contributed by atoms with Gasteiger partial charge in [0.2, 0.25) is 0 Å². The molecule has 0 aromatic rings. The molecule has 3 N–H and O–H groups in total. The zero-order valence-corrected chi connectivity index (χ0v) is 19.4. The summed E-state index contributed by atoms with van der Waals surface area (Å²) in [5, 5.41) is 26.1. The predicted octanol–water partition coefficient (Wildman–Crippen LogP) is 5.21. The molecule has 4 aliphatic rings. The molecule has 0 heterocycles. The lowest BCUT2D eigenvalue weighted by molar-refractivity contribution is -0.139. The Morgan fingerprint density at radius 2 is 1.24 bits per heavy atom. The molecule has 4 bridgehead atoms. The van der Waals surface area contributed by atoms with Crippen molar-refractivity contribution >= 4 is 11.9 Å². The van der Waals surface area contributed by atoms with Crippen LogP contribution in [0.1, 0.15) is 93.4 Å². The highest BCUT2D eigenvalue weighted by Crippen LogP contribution is 2.68. The molecule has 168 valence electrons. The van der Waals surface area contributed by atoms with Crippen LogP contribution in [0.15, 0.2) is 0 Å². The number of aliphatic hydroxyl groups excluding tert-OH is 1. The lowest BCUT2D eigenvalue weighted by atomic mass is 9.66. The van der Waals surface area contributed by atoms with Crippen molar-refractivity contribution in [2.75, 3.05) is 0 Å². The molecule has 0 aliphatic heterocycles. The van der Waals surface area contributed by atoms with Crippen molar-refractivity contribution in [1.29, 1.82) is 0 Å². The van der Waals surface area contributed by atoms with Gasteiger partial charge in [0.25, 0.3) is 5.97 Å². The van der Waals surface area contributed by atoms with Gasteiger partial charge in [-0.2, -0.15) is 0 Å². The van der Waals surface area contributed by atoms with Gasteiger partial charge in [0, 0.05) is 13.3 Å². The van der Waals surface area contributed by atoms with E-state index in [1.165, 1.54) is 25.7 Å². The lowest BCUT2D eigenvalue weighted by Gasteiger charge is -2.38. The molecule has 4 rings (SSSR count). The molecule has 29 heavy (non-hydrogen) atoms. The van der Waals surface area contributed by atoms with E-state index in [-0.39, 0.29) is 16.9 Å². The molecule has 0 saturated heterocycles. The Hall–Kier alpha value is -1.10. The van der Waals surface area contributed by atoms with E-state index >= 15 is 0 Å². The number of aliphatic hydroxyl groups is 1. The van der Waals surface area contributed by atoms with Gasteiger partial charge in [-0.25, -0.2) is 0 Å². The topological polar surface area (TPSA) is 94.8 Å². The number of carboxylic acids is 2. The Bertz CT molecular complexity index is 635. The van der Waals surface area contributed by atoms with Gasteiger partial charge in [0.15, 0.2) is 0 Å². The fourth-order valence-corrected chi connectivity index (χ4v) is 7.05. The molecule has 0 aromatic heterocycles. The third kappa shape index (κ3) is 3.96. The first-order chi connectivity index (χ1) is 13.1. The fraction of sp³-hybridized carbons (Fsp3) is 0.917. The van der Waals surface area contributed by atoms with Crippen molar-refractivity contribution < 1.29 is 24.9 Å². The standard InChI is InChI=1S/C12H20O2.C10H18O.C2H4O2/c1-11(2)8-4-5-12(11,3)9(6-8)7-10(13)14;1-9(2)7-4-5-10(9,3)8(11)6-7;1-2(3)4/h8-9H,4-7H2,1-3H3,(H,13,14);7-8,11H,4-6H2,1-3H3;1H3,(H,3,4)/t8-,9+,12-;7-,8+,10+;/m00./s1. The van der Waals surface area contributed by atoms with Crippen molar-refractivity contribution in [2.24, 2.45) is 39.4 Å². The molecule has 0 amide bonds. The van der Waals surface area contributed by atoms with Gasteiger partial charge in [0.1, 0.15) is 0 Å². The fourth-order valence-electron chi connectivity index (χ4n) is 7.05. The van der Waals surface area contributed by atoms with Crippen LogP contribution in [-0.4, -0.2) is 33.4 Å². The highest BCUT2D eigenvalue weighted by atomic mass is 16.4. The SMILES string of the molecule is CC(=O)O.CC1(C)[C@H]2CC[C@@]1(C)[C@@H](CC(=O)O)C2.CC1(C)[C@H]2CC[C@]1(C)[C@H](O)C2. The minimum Gasteiger partial charge on any atom is -0.481 e. The van der Waals surface area contributed by atoms with E-state index in [2.05, 4.69) is 41.5 Å². The van der Waals surface area contributed by atoms with Gasteiger partial charge in [-0.1, -0.05) is 41.5 Å². The molecule has 0 unspecified atom stereocenters. The molecule has 0 aromatic carbocycles. The summed E-state index contributed by atoms with van der Waals surface area (Å²) in [6, 6.07) is 0. The van der Waals surface area contributed by atoms with Crippen molar-refractivity contribution in [3.05, 3.63) is 0 Å². The van der Waals surface area contributed by atoms with Crippen LogP contribution in [0.25, 0.3) is 0 Å². The second-order valence-electron chi connectivity index (χ2n) is 11.6. The van der Waals surface area contributed by atoms with Crippen LogP contribution < -0.4 is 0 Å². The van der Waals surface area contributed by atoms with E-state index in [1.807, 2.05) is 0 Å². The van der Waals surface area contributed by atoms with E-state index in [9.17, 15) is 9.90 Å². The predicted molar refractivity (Wildman–Crippen MR) is 114 cm³/mol. The molecule has 6 atom stereocenters. The number of hydrogen-bond donors (Lipinski definition) is 3. The van der Waals surface area contributed by atoms with Gasteiger partial charge >= 0.3 is 5.97 Å². The molecular weight excluding hydrogens is 368 g/mol. The normalized spacial score (nSPS) is 42.5. The van der Waals surface area contributed by atoms with E-state index < -0.39 is 11.9 Å². The summed E-state index contributed by atoms with van der Waals surface area (Å²) in [5.41, 5.74) is 1.23. The highest BCUT2D eigenvalue weighted by Gasteiger charge is 2.61. The highest BCUT2D eigenvalue weighted by molar-refractivity contribution is 5.67. The van der Waals surface area contributed by atoms with Crippen molar-refractivity contribution in [3.8, 4) is 0 Å². The molecular formula is C24H42O5. The van der Waals surface area contributed by atoms with Crippen molar-refractivity contribution in [3.63, 3.8) is 0 Å². The maximum atomic E-state index is 10.8. The first-order valence-corrected chi connectivity index (χ1v) is 11.2. The van der Waals surface area contributed by atoms with Gasteiger partial charge in [-0.3, -0.25) is 9.59 Å². The number of fused-ring (bicyclic) bond motifs is 4. The lowest BCUT2D eigenvalue weighted by Crippen LogP contribution is -2.35.